The smallest absolute Gasteiger partial charge is 0.416 e. The zero-order chi connectivity index (χ0) is 18.3. The minimum Gasteiger partial charge on any atom is -0.497 e. The van der Waals surface area contributed by atoms with Gasteiger partial charge in [-0.3, -0.25) is 0 Å². The first-order chi connectivity index (χ1) is 12.5. The van der Waals surface area contributed by atoms with Crippen LogP contribution in [0.5, 0.6) is 5.75 Å². The van der Waals surface area contributed by atoms with Crippen molar-refractivity contribution in [2.75, 3.05) is 7.11 Å². The lowest BCUT2D eigenvalue weighted by Crippen LogP contribution is -2.05. The van der Waals surface area contributed by atoms with Crippen molar-refractivity contribution in [2.45, 2.75) is 12.7 Å². The molecule has 0 saturated heterocycles. The molecule has 4 aromatic rings. The number of benzene rings is 3. The summed E-state index contributed by atoms with van der Waals surface area (Å²) in [6, 6.07) is 19.2. The third-order valence-electron chi connectivity index (χ3n) is 4.58. The second-order valence-electron chi connectivity index (χ2n) is 6.18. The SMILES string of the molecule is COc1ccc2c(c1)c1ccc(C(F)(F)F)cc1n2Cc1ccccc1. The van der Waals surface area contributed by atoms with Crippen LogP contribution in [-0.2, 0) is 12.7 Å². The van der Waals surface area contributed by atoms with Crippen molar-refractivity contribution >= 4 is 21.8 Å². The maximum atomic E-state index is 13.2. The summed E-state index contributed by atoms with van der Waals surface area (Å²) in [5, 5.41) is 1.66. The summed E-state index contributed by atoms with van der Waals surface area (Å²) in [5.41, 5.74) is 1.82. The van der Waals surface area contributed by atoms with Crippen LogP contribution in [0.2, 0.25) is 0 Å². The summed E-state index contributed by atoms with van der Waals surface area (Å²) in [6.45, 7) is 0.495. The van der Waals surface area contributed by atoms with E-state index in [9.17, 15) is 13.2 Å². The van der Waals surface area contributed by atoms with Gasteiger partial charge < -0.3 is 9.30 Å². The average molecular weight is 355 g/mol. The molecule has 4 rings (SSSR count). The lowest BCUT2D eigenvalue weighted by Gasteiger charge is -2.10. The van der Waals surface area contributed by atoms with Crippen LogP contribution in [0.3, 0.4) is 0 Å². The van der Waals surface area contributed by atoms with Crippen LogP contribution in [0, 0.1) is 0 Å². The molecule has 0 saturated carbocycles. The molecular weight excluding hydrogens is 339 g/mol. The van der Waals surface area contributed by atoms with Gasteiger partial charge in [0, 0.05) is 22.8 Å². The number of nitrogens with zero attached hydrogens (tertiary/aromatic N) is 1. The molecule has 1 aromatic heterocycles. The van der Waals surface area contributed by atoms with Crippen molar-refractivity contribution in [2.24, 2.45) is 0 Å². The van der Waals surface area contributed by atoms with E-state index in [1.807, 2.05) is 53.1 Å². The Hall–Kier alpha value is -2.95. The number of hydrogen-bond donors (Lipinski definition) is 0. The minimum absolute atomic E-state index is 0.495. The Kier molecular flexibility index (Phi) is 3.87. The predicted octanol–water partition coefficient (Wildman–Crippen LogP) is 5.87. The first-order valence-corrected chi connectivity index (χ1v) is 8.18. The van der Waals surface area contributed by atoms with E-state index < -0.39 is 11.7 Å². The zero-order valence-corrected chi connectivity index (χ0v) is 14.0. The van der Waals surface area contributed by atoms with Gasteiger partial charge in [-0.1, -0.05) is 36.4 Å². The average Bonchev–Trinajstić information content (AvgIpc) is 2.94. The zero-order valence-electron chi connectivity index (χ0n) is 14.0. The van der Waals surface area contributed by atoms with Crippen LogP contribution in [0.1, 0.15) is 11.1 Å². The molecule has 0 N–H and O–H groups in total. The molecule has 132 valence electrons. The topological polar surface area (TPSA) is 14.2 Å². The minimum atomic E-state index is -4.38. The van der Waals surface area contributed by atoms with Crippen molar-refractivity contribution < 1.29 is 17.9 Å². The van der Waals surface area contributed by atoms with Gasteiger partial charge >= 0.3 is 6.18 Å². The molecule has 0 amide bonds. The molecule has 3 aromatic carbocycles. The first-order valence-electron chi connectivity index (χ1n) is 8.18. The van der Waals surface area contributed by atoms with Gasteiger partial charge in [0.05, 0.1) is 18.2 Å². The molecule has 0 atom stereocenters. The second kappa shape index (κ2) is 6.09. The summed E-state index contributed by atoms with van der Waals surface area (Å²) < 4.78 is 46.9. The van der Waals surface area contributed by atoms with Gasteiger partial charge in [-0.15, -0.1) is 0 Å². The van der Waals surface area contributed by atoms with Crippen molar-refractivity contribution in [3.05, 3.63) is 77.9 Å². The lowest BCUT2D eigenvalue weighted by atomic mass is 10.1. The van der Waals surface area contributed by atoms with Crippen molar-refractivity contribution in [1.29, 1.82) is 0 Å². The Bertz CT molecular complexity index is 1080. The molecule has 0 aliphatic heterocycles. The highest BCUT2D eigenvalue weighted by molar-refractivity contribution is 6.08. The lowest BCUT2D eigenvalue weighted by molar-refractivity contribution is -0.137. The monoisotopic (exact) mass is 355 g/mol. The number of aromatic nitrogens is 1. The fraction of sp³-hybridized carbons (Fsp3) is 0.143. The van der Waals surface area contributed by atoms with Crippen LogP contribution in [0.15, 0.2) is 66.7 Å². The fourth-order valence-electron chi connectivity index (χ4n) is 3.32. The van der Waals surface area contributed by atoms with E-state index in [0.717, 1.165) is 27.9 Å². The highest BCUT2D eigenvalue weighted by Crippen LogP contribution is 2.36. The molecule has 0 spiro atoms. The Balaban J connectivity index is 2.01. The molecular formula is C21H16F3NO. The molecule has 0 fully saturated rings. The number of ether oxygens (including phenoxy) is 1. The second-order valence-corrected chi connectivity index (χ2v) is 6.18. The summed E-state index contributed by atoms with van der Waals surface area (Å²) in [4.78, 5) is 0. The number of methoxy groups -OCH3 is 1. The first kappa shape index (κ1) is 16.5. The number of halogens is 3. The number of fused-ring (bicyclic) bond motifs is 3. The van der Waals surface area contributed by atoms with Crippen molar-refractivity contribution in [3.8, 4) is 5.75 Å². The molecule has 2 nitrogen and oxygen atoms in total. The van der Waals surface area contributed by atoms with E-state index in [-0.39, 0.29) is 0 Å². The van der Waals surface area contributed by atoms with E-state index in [4.69, 9.17) is 4.74 Å². The summed E-state index contributed by atoms with van der Waals surface area (Å²) in [7, 11) is 1.58. The van der Waals surface area contributed by atoms with Crippen LogP contribution in [0.4, 0.5) is 13.2 Å². The van der Waals surface area contributed by atoms with Gasteiger partial charge in [0.1, 0.15) is 5.75 Å². The number of alkyl halides is 3. The van der Waals surface area contributed by atoms with Crippen LogP contribution in [0.25, 0.3) is 21.8 Å². The van der Waals surface area contributed by atoms with Crippen molar-refractivity contribution in [3.63, 3.8) is 0 Å². The third-order valence-corrected chi connectivity index (χ3v) is 4.58. The quantitative estimate of drug-likeness (QED) is 0.448. The highest BCUT2D eigenvalue weighted by atomic mass is 19.4. The highest BCUT2D eigenvalue weighted by Gasteiger charge is 2.31. The van der Waals surface area contributed by atoms with Crippen LogP contribution < -0.4 is 4.74 Å². The maximum Gasteiger partial charge on any atom is 0.416 e. The maximum absolute atomic E-state index is 13.2. The largest absolute Gasteiger partial charge is 0.497 e. The molecule has 26 heavy (non-hydrogen) atoms. The van der Waals surface area contributed by atoms with Gasteiger partial charge in [-0.2, -0.15) is 13.2 Å². The Morgan fingerprint density at radius 2 is 1.62 bits per heavy atom. The van der Waals surface area contributed by atoms with Gasteiger partial charge in [-0.05, 0) is 35.9 Å². The summed E-state index contributed by atoms with van der Waals surface area (Å²) >= 11 is 0. The van der Waals surface area contributed by atoms with Gasteiger partial charge in [0.2, 0.25) is 0 Å². The molecule has 0 unspecified atom stereocenters. The molecule has 1 heterocycles. The van der Waals surface area contributed by atoms with Crippen LogP contribution >= 0.6 is 0 Å². The van der Waals surface area contributed by atoms with E-state index in [1.54, 1.807) is 13.2 Å². The summed E-state index contributed by atoms with van der Waals surface area (Å²) in [5.74, 6) is 0.677. The predicted molar refractivity (Wildman–Crippen MR) is 96.5 cm³/mol. The molecule has 0 bridgehead atoms. The van der Waals surface area contributed by atoms with E-state index in [0.29, 0.717) is 17.8 Å². The normalized spacial score (nSPS) is 12.0. The standard InChI is InChI=1S/C21H16F3NO/c1-26-16-8-10-19-18(12-16)17-9-7-15(21(22,23)24)11-20(17)25(19)13-14-5-3-2-4-6-14/h2-12H,13H2,1H3. The van der Waals surface area contributed by atoms with Gasteiger partial charge in [0.15, 0.2) is 0 Å². The van der Waals surface area contributed by atoms with Gasteiger partial charge in [0.25, 0.3) is 0 Å². The van der Waals surface area contributed by atoms with E-state index in [1.165, 1.54) is 6.07 Å². The fourth-order valence-corrected chi connectivity index (χ4v) is 3.32. The Morgan fingerprint density at radius 1 is 0.846 bits per heavy atom. The molecule has 0 radical (unpaired) electrons. The summed E-state index contributed by atoms with van der Waals surface area (Å²) in [6.07, 6.45) is -4.38. The number of hydrogen-bond acceptors (Lipinski definition) is 1. The van der Waals surface area contributed by atoms with E-state index in [2.05, 4.69) is 0 Å². The molecule has 0 aliphatic carbocycles. The van der Waals surface area contributed by atoms with Gasteiger partial charge in [-0.25, -0.2) is 0 Å². The number of rotatable bonds is 3. The van der Waals surface area contributed by atoms with E-state index >= 15 is 0 Å². The van der Waals surface area contributed by atoms with Crippen molar-refractivity contribution in [1.82, 2.24) is 4.57 Å². The Morgan fingerprint density at radius 3 is 2.31 bits per heavy atom. The Labute approximate surface area is 148 Å². The third kappa shape index (κ3) is 2.79. The molecule has 0 aliphatic rings. The van der Waals surface area contributed by atoms with Crippen LogP contribution in [-0.4, -0.2) is 11.7 Å². The molecule has 5 heteroatoms.